The van der Waals surface area contributed by atoms with Crippen molar-refractivity contribution in [3.05, 3.63) is 70.9 Å². The van der Waals surface area contributed by atoms with E-state index >= 15 is 0 Å². The molecule has 0 radical (unpaired) electrons. The lowest BCUT2D eigenvalue weighted by molar-refractivity contribution is -0.469. The lowest BCUT2D eigenvalue weighted by Gasteiger charge is -2.19. The normalized spacial score (nSPS) is 12.5. The van der Waals surface area contributed by atoms with Crippen molar-refractivity contribution in [2.24, 2.45) is 0 Å². The fraction of sp³-hybridized carbons (Fsp3) is 0.278. The predicted molar refractivity (Wildman–Crippen MR) is 95.5 cm³/mol. The first-order chi connectivity index (χ1) is 11.5. The Morgan fingerprint density at radius 1 is 1.00 bits per heavy atom. The van der Waals surface area contributed by atoms with Crippen LogP contribution >= 0.6 is 0 Å². The van der Waals surface area contributed by atoms with Gasteiger partial charge in [0.05, 0.1) is 10.5 Å². The minimum Gasteiger partial charge on any atom is -0.624 e. The second kappa shape index (κ2) is 8.08. The van der Waals surface area contributed by atoms with Crippen LogP contribution in [0.3, 0.4) is 0 Å². The van der Waals surface area contributed by atoms with Crippen molar-refractivity contribution < 1.29 is 13.2 Å². The van der Waals surface area contributed by atoms with E-state index in [0.29, 0.717) is 18.7 Å². The fourth-order valence-corrected chi connectivity index (χ4v) is 4.12. The Balaban J connectivity index is 2.37. The van der Waals surface area contributed by atoms with Gasteiger partial charge in [-0.25, -0.2) is 13.2 Å². The summed E-state index contributed by atoms with van der Waals surface area (Å²) in [6, 6.07) is 15.9. The summed E-state index contributed by atoms with van der Waals surface area (Å²) in [4.78, 5) is 0.155. The molecular weight excluding hydrogens is 324 g/mol. The first-order valence-corrected chi connectivity index (χ1v) is 9.34. The number of sulfonamides is 1. The zero-order chi connectivity index (χ0) is 17.6. The summed E-state index contributed by atoms with van der Waals surface area (Å²) < 4.78 is 27.6. The Kier molecular flexibility index (Phi) is 6.11. The highest BCUT2D eigenvalue weighted by Crippen LogP contribution is 2.19. The second-order valence-electron chi connectivity index (χ2n) is 5.32. The molecule has 0 atom stereocenters. The monoisotopic (exact) mass is 346 g/mol. The topological polar surface area (TPSA) is 63.5 Å². The predicted octanol–water partition coefficient (Wildman–Crippen LogP) is 2.85. The minimum atomic E-state index is -3.61. The number of hydrogen-bond acceptors (Lipinski definition) is 3. The Labute approximate surface area is 143 Å². The maximum Gasteiger partial charge on any atom is 0.243 e. The SMILES string of the molecule is CCN(CC)S(=O)(=O)c1ccccc1/C=[N+](\[O-])Cc1ccccc1. The Hall–Kier alpha value is -2.18. The number of hydrogen-bond donors (Lipinski definition) is 0. The maximum absolute atomic E-state index is 12.7. The summed E-state index contributed by atoms with van der Waals surface area (Å²) in [7, 11) is -3.61. The van der Waals surface area contributed by atoms with E-state index in [1.165, 1.54) is 16.6 Å². The summed E-state index contributed by atoms with van der Waals surface area (Å²) in [5.74, 6) is 0. The lowest BCUT2D eigenvalue weighted by atomic mass is 10.2. The largest absolute Gasteiger partial charge is 0.624 e. The number of nitrogens with zero attached hydrogens (tertiary/aromatic N) is 2. The van der Waals surface area contributed by atoms with Gasteiger partial charge < -0.3 is 5.21 Å². The number of benzene rings is 2. The quantitative estimate of drug-likeness (QED) is 0.335. The minimum absolute atomic E-state index is 0.155. The molecule has 0 bridgehead atoms. The zero-order valence-corrected chi connectivity index (χ0v) is 14.7. The van der Waals surface area contributed by atoms with E-state index in [0.717, 1.165) is 10.3 Å². The highest BCUT2D eigenvalue weighted by molar-refractivity contribution is 7.89. The van der Waals surface area contributed by atoms with Crippen molar-refractivity contribution in [3.63, 3.8) is 0 Å². The maximum atomic E-state index is 12.7. The van der Waals surface area contributed by atoms with E-state index in [-0.39, 0.29) is 11.4 Å². The molecular formula is C18H22N2O3S. The van der Waals surface area contributed by atoms with Crippen LogP contribution < -0.4 is 0 Å². The molecule has 0 aromatic heterocycles. The molecule has 2 aromatic carbocycles. The Morgan fingerprint density at radius 3 is 2.21 bits per heavy atom. The summed E-state index contributed by atoms with van der Waals surface area (Å²) in [6.45, 7) is 4.53. The van der Waals surface area contributed by atoms with Crippen LogP contribution in [0.4, 0.5) is 0 Å². The molecule has 0 aliphatic carbocycles. The van der Waals surface area contributed by atoms with E-state index in [4.69, 9.17) is 0 Å². The average molecular weight is 346 g/mol. The summed E-state index contributed by atoms with van der Waals surface area (Å²) >= 11 is 0. The van der Waals surface area contributed by atoms with Gasteiger partial charge >= 0.3 is 0 Å². The van der Waals surface area contributed by atoms with Crippen molar-refractivity contribution >= 4 is 16.2 Å². The van der Waals surface area contributed by atoms with Crippen LogP contribution in [0.25, 0.3) is 0 Å². The molecule has 2 aromatic rings. The van der Waals surface area contributed by atoms with Gasteiger partial charge in [0.15, 0.2) is 12.8 Å². The van der Waals surface area contributed by atoms with Gasteiger partial charge in [-0.1, -0.05) is 56.3 Å². The van der Waals surface area contributed by atoms with Crippen LogP contribution in [0, 0.1) is 5.21 Å². The van der Waals surface area contributed by atoms with E-state index in [2.05, 4.69) is 0 Å². The van der Waals surface area contributed by atoms with Crippen molar-refractivity contribution in [2.75, 3.05) is 13.1 Å². The fourth-order valence-electron chi connectivity index (χ4n) is 2.49. The second-order valence-corrected chi connectivity index (χ2v) is 7.22. The molecule has 0 aliphatic rings. The van der Waals surface area contributed by atoms with Crippen LogP contribution in [0.2, 0.25) is 0 Å². The standard InChI is InChI=1S/C18H22N2O3S/c1-3-20(4-2)24(22,23)18-13-9-8-12-17(18)15-19(21)14-16-10-6-5-7-11-16/h5-13,15H,3-4,14H2,1-2H3/b19-15-. The molecule has 0 amide bonds. The van der Waals surface area contributed by atoms with Crippen LogP contribution in [-0.4, -0.2) is 36.8 Å². The summed E-state index contributed by atoms with van der Waals surface area (Å²) in [5.41, 5.74) is 1.27. The molecule has 0 heterocycles. The van der Waals surface area contributed by atoms with Gasteiger partial charge in [-0.15, -0.1) is 0 Å². The molecule has 0 spiro atoms. The van der Waals surface area contributed by atoms with Crippen molar-refractivity contribution in [1.82, 2.24) is 4.31 Å². The lowest BCUT2D eigenvalue weighted by Crippen LogP contribution is -2.31. The van der Waals surface area contributed by atoms with Crippen LogP contribution in [-0.2, 0) is 16.6 Å². The van der Waals surface area contributed by atoms with E-state index < -0.39 is 10.0 Å². The van der Waals surface area contributed by atoms with E-state index in [1.54, 1.807) is 32.0 Å². The third-order valence-corrected chi connectivity index (χ3v) is 5.83. The first kappa shape index (κ1) is 18.2. The van der Waals surface area contributed by atoms with Crippen molar-refractivity contribution in [3.8, 4) is 0 Å². The molecule has 0 saturated heterocycles. The van der Waals surface area contributed by atoms with Crippen LogP contribution in [0.15, 0.2) is 59.5 Å². The summed E-state index contributed by atoms with van der Waals surface area (Å²) in [5, 5.41) is 12.2. The van der Waals surface area contributed by atoms with E-state index in [1.807, 2.05) is 30.3 Å². The van der Waals surface area contributed by atoms with Gasteiger partial charge in [0.25, 0.3) is 0 Å². The zero-order valence-electron chi connectivity index (χ0n) is 13.9. The molecule has 2 rings (SSSR count). The third kappa shape index (κ3) is 4.21. The molecule has 6 heteroatoms. The number of hydroxylamine groups is 1. The molecule has 0 N–H and O–H groups in total. The van der Waals surface area contributed by atoms with Gasteiger partial charge in [0.1, 0.15) is 0 Å². The van der Waals surface area contributed by atoms with Crippen LogP contribution in [0.5, 0.6) is 0 Å². The molecule has 5 nitrogen and oxygen atoms in total. The van der Waals surface area contributed by atoms with Gasteiger partial charge in [0.2, 0.25) is 10.0 Å². The smallest absolute Gasteiger partial charge is 0.243 e. The van der Waals surface area contributed by atoms with Crippen molar-refractivity contribution in [1.29, 1.82) is 0 Å². The van der Waals surface area contributed by atoms with E-state index in [9.17, 15) is 13.6 Å². The summed E-state index contributed by atoms with van der Waals surface area (Å²) in [6.07, 6.45) is 1.34. The molecule has 0 unspecified atom stereocenters. The Morgan fingerprint density at radius 2 is 1.58 bits per heavy atom. The average Bonchev–Trinajstić information content (AvgIpc) is 2.57. The number of rotatable bonds is 7. The van der Waals surface area contributed by atoms with Gasteiger partial charge in [-0.3, -0.25) is 0 Å². The third-order valence-electron chi connectivity index (χ3n) is 3.71. The van der Waals surface area contributed by atoms with Crippen LogP contribution in [0.1, 0.15) is 25.0 Å². The Bertz CT molecular complexity index is 798. The highest BCUT2D eigenvalue weighted by Gasteiger charge is 2.24. The van der Waals surface area contributed by atoms with Gasteiger partial charge in [0, 0.05) is 18.7 Å². The van der Waals surface area contributed by atoms with Crippen molar-refractivity contribution in [2.45, 2.75) is 25.3 Å². The van der Waals surface area contributed by atoms with Gasteiger partial charge in [-0.2, -0.15) is 4.31 Å². The molecule has 0 fully saturated rings. The molecule has 24 heavy (non-hydrogen) atoms. The highest BCUT2D eigenvalue weighted by atomic mass is 32.2. The molecule has 0 saturated carbocycles. The van der Waals surface area contributed by atoms with Gasteiger partial charge in [-0.05, 0) is 12.1 Å². The molecule has 128 valence electrons. The molecule has 0 aliphatic heterocycles. The first-order valence-electron chi connectivity index (χ1n) is 7.90.